The van der Waals surface area contributed by atoms with Crippen LogP contribution in [0.2, 0.25) is 0 Å². The van der Waals surface area contributed by atoms with Crippen LogP contribution in [0.4, 0.5) is 0 Å². The summed E-state index contributed by atoms with van der Waals surface area (Å²) in [5.74, 6) is 0.325. The molecule has 0 bridgehead atoms. The molecule has 0 saturated carbocycles. The molecular formula is C22H13BrO. The molecule has 5 aromatic rings. The van der Waals surface area contributed by atoms with E-state index in [2.05, 4.69) is 70.5 Å². The van der Waals surface area contributed by atoms with E-state index in [9.17, 15) is 5.11 Å². The van der Waals surface area contributed by atoms with Crippen LogP contribution in [0.25, 0.3) is 43.1 Å². The number of benzene rings is 5. The van der Waals surface area contributed by atoms with Crippen molar-refractivity contribution in [2.24, 2.45) is 0 Å². The van der Waals surface area contributed by atoms with Gasteiger partial charge in [0.25, 0.3) is 0 Å². The van der Waals surface area contributed by atoms with Crippen LogP contribution in [-0.2, 0) is 0 Å². The number of hydrogen-bond donors (Lipinski definition) is 1. The Labute approximate surface area is 147 Å². The highest BCUT2D eigenvalue weighted by atomic mass is 79.9. The van der Waals surface area contributed by atoms with Gasteiger partial charge in [0.05, 0.1) is 0 Å². The first kappa shape index (κ1) is 13.8. The van der Waals surface area contributed by atoms with E-state index in [1.807, 2.05) is 18.2 Å². The summed E-state index contributed by atoms with van der Waals surface area (Å²) in [4.78, 5) is 0. The van der Waals surface area contributed by atoms with Gasteiger partial charge in [0.1, 0.15) is 5.75 Å². The number of halogens is 1. The summed E-state index contributed by atoms with van der Waals surface area (Å²) in [6.07, 6.45) is 0. The molecule has 24 heavy (non-hydrogen) atoms. The van der Waals surface area contributed by atoms with Crippen LogP contribution in [-0.4, -0.2) is 5.11 Å². The summed E-state index contributed by atoms with van der Waals surface area (Å²) in [5.41, 5.74) is 0. The van der Waals surface area contributed by atoms with E-state index < -0.39 is 0 Å². The number of hydrogen-bond acceptors (Lipinski definition) is 1. The van der Waals surface area contributed by atoms with Crippen LogP contribution in [0.3, 0.4) is 0 Å². The van der Waals surface area contributed by atoms with E-state index in [-0.39, 0.29) is 0 Å². The lowest BCUT2D eigenvalue weighted by molar-refractivity contribution is 0.482. The van der Waals surface area contributed by atoms with Gasteiger partial charge in [-0.3, -0.25) is 0 Å². The van der Waals surface area contributed by atoms with Crippen LogP contribution >= 0.6 is 15.9 Å². The molecule has 0 amide bonds. The second-order valence-corrected chi connectivity index (χ2v) is 7.04. The minimum Gasteiger partial charge on any atom is -0.507 e. The van der Waals surface area contributed by atoms with Crippen molar-refractivity contribution in [2.45, 2.75) is 0 Å². The molecule has 0 aliphatic heterocycles. The molecule has 0 aliphatic rings. The van der Waals surface area contributed by atoms with E-state index in [4.69, 9.17) is 0 Å². The monoisotopic (exact) mass is 372 g/mol. The minimum absolute atomic E-state index is 0.325. The van der Waals surface area contributed by atoms with Crippen LogP contribution < -0.4 is 0 Å². The molecule has 0 spiro atoms. The zero-order chi connectivity index (χ0) is 16.3. The number of phenols is 1. The molecule has 2 heteroatoms. The fourth-order valence-electron chi connectivity index (χ4n) is 3.68. The Balaban J connectivity index is 2.05. The molecule has 1 nitrogen and oxygen atoms in total. The molecule has 0 radical (unpaired) electrons. The first-order valence-electron chi connectivity index (χ1n) is 7.88. The van der Waals surface area contributed by atoms with Crippen LogP contribution in [0.15, 0.2) is 77.3 Å². The SMILES string of the molecule is Oc1cc2c(ccc3c4ccccc4ccc32)c2cc(Br)ccc12. The maximum Gasteiger partial charge on any atom is 0.124 e. The van der Waals surface area contributed by atoms with Crippen molar-refractivity contribution in [1.82, 2.24) is 0 Å². The molecular weight excluding hydrogens is 360 g/mol. The highest BCUT2D eigenvalue weighted by molar-refractivity contribution is 9.10. The third-order valence-electron chi connectivity index (χ3n) is 4.80. The lowest BCUT2D eigenvalue weighted by Crippen LogP contribution is -1.83. The van der Waals surface area contributed by atoms with Gasteiger partial charge in [-0.05, 0) is 62.0 Å². The molecule has 0 fully saturated rings. The molecule has 1 N–H and O–H groups in total. The molecule has 0 unspecified atom stereocenters. The second kappa shape index (κ2) is 4.96. The van der Waals surface area contributed by atoms with E-state index >= 15 is 0 Å². The Hall–Kier alpha value is -2.58. The predicted octanol–water partition coefficient (Wildman–Crippen LogP) is 6.77. The van der Waals surface area contributed by atoms with Gasteiger partial charge in [0.2, 0.25) is 0 Å². The van der Waals surface area contributed by atoms with Crippen LogP contribution in [0.5, 0.6) is 5.75 Å². The van der Waals surface area contributed by atoms with Gasteiger partial charge in [-0.25, -0.2) is 0 Å². The van der Waals surface area contributed by atoms with E-state index in [0.29, 0.717) is 5.75 Å². The molecule has 0 saturated heterocycles. The largest absolute Gasteiger partial charge is 0.507 e. The van der Waals surface area contributed by atoms with Gasteiger partial charge in [0.15, 0.2) is 0 Å². The first-order valence-corrected chi connectivity index (χ1v) is 8.67. The fourth-order valence-corrected chi connectivity index (χ4v) is 4.04. The number of phenolic OH excluding ortho intramolecular Hbond substituents is 1. The normalized spacial score (nSPS) is 11.7. The van der Waals surface area contributed by atoms with Gasteiger partial charge < -0.3 is 5.11 Å². The van der Waals surface area contributed by atoms with Crippen molar-refractivity contribution in [3.8, 4) is 5.75 Å². The third kappa shape index (κ3) is 1.87. The van der Waals surface area contributed by atoms with Crippen LogP contribution in [0, 0.1) is 0 Å². The van der Waals surface area contributed by atoms with Crippen molar-refractivity contribution < 1.29 is 5.11 Å². The lowest BCUT2D eigenvalue weighted by Gasteiger charge is -2.11. The van der Waals surface area contributed by atoms with Crippen LogP contribution in [0.1, 0.15) is 0 Å². The molecule has 0 aliphatic carbocycles. The lowest BCUT2D eigenvalue weighted by atomic mass is 9.94. The Morgan fingerprint density at radius 1 is 0.542 bits per heavy atom. The summed E-state index contributed by atoms with van der Waals surface area (Å²) in [5, 5.41) is 19.6. The average Bonchev–Trinajstić information content (AvgIpc) is 2.61. The highest BCUT2D eigenvalue weighted by Crippen LogP contribution is 2.39. The summed E-state index contributed by atoms with van der Waals surface area (Å²) < 4.78 is 1.01. The van der Waals surface area contributed by atoms with Crippen molar-refractivity contribution >= 4 is 59.0 Å². The Morgan fingerprint density at radius 2 is 1.17 bits per heavy atom. The highest BCUT2D eigenvalue weighted by Gasteiger charge is 2.10. The smallest absolute Gasteiger partial charge is 0.124 e. The standard InChI is InChI=1S/C22H13BrO/c23-14-6-8-19-20(11-14)18-10-9-16-15-4-2-1-3-13(15)5-7-17(16)21(18)12-22(19)24/h1-12,24H. The Bertz CT molecular complexity index is 1270. The van der Waals surface area contributed by atoms with E-state index in [1.54, 1.807) is 0 Å². The fraction of sp³-hybridized carbons (Fsp3) is 0. The summed E-state index contributed by atoms with van der Waals surface area (Å²) in [7, 11) is 0. The third-order valence-corrected chi connectivity index (χ3v) is 5.29. The van der Waals surface area contributed by atoms with Crippen molar-refractivity contribution in [1.29, 1.82) is 0 Å². The van der Waals surface area contributed by atoms with Gasteiger partial charge in [-0.1, -0.05) is 64.5 Å². The van der Waals surface area contributed by atoms with E-state index in [0.717, 1.165) is 26.0 Å². The predicted molar refractivity (Wildman–Crippen MR) is 106 cm³/mol. The average molecular weight is 373 g/mol. The van der Waals surface area contributed by atoms with Gasteiger partial charge >= 0.3 is 0 Å². The molecule has 5 rings (SSSR count). The molecule has 0 atom stereocenters. The summed E-state index contributed by atoms with van der Waals surface area (Å²) >= 11 is 3.54. The van der Waals surface area contributed by atoms with Gasteiger partial charge in [-0.2, -0.15) is 0 Å². The maximum absolute atomic E-state index is 10.5. The first-order chi connectivity index (χ1) is 11.7. The quantitative estimate of drug-likeness (QED) is 0.297. The van der Waals surface area contributed by atoms with Crippen molar-refractivity contribution in [3.63, 3.8) is 0 Å². The van der Waals surface area contributed by atoms with Crippen molar-refractivity contribution in [2.75, 3.05) is 0 Å². The van der Waals surface area contributed by atoms with Crippen molar-refractivity contribution in [3.05, 3.63) is 77.3 Å². The van der Waals surface area contributed by atoms with Gasteiger partial charge in [-0.15, -0.1) is 0 Å². The molecule has 0 aromatic heterocycles. The molecule has 0 heterocycles. The second-order valence-electron chi connectivity index (χ2n) is 6.13. The number of rotatable bonds is 0. The minimum atomic E-state index is 0.325. The zero-order valence-corrected chi connectivity index (χ0v) is 14.3. The topological polar surface area (TPSA) is 20.2 Å². The maximum atomic E-state index is 10.5. The molecule has 114 valence electrons. The summed E-state index contributed by atoms with van der Waals surface area (Å²) in [6.45, 7) is 0. The van der Waals surface area contributed by atoms with Gasteiger partial charge in [0, 0.05) is 9.86 Å². The Morgan fingerprint density at radius 3 is 2.04 bits per heavy atom. The molecule has 5 aromatic carbocycles. The number of aromatic hydroxyl groups is 1. The van der Waals surface area contributed by atoms with E-state index in [1.165, 1.54) is 21.5 Å². The summed E-state index contributed by atoms with van der Waals surface area (Å²) in [6, 6.07) is 25.0. The Kier molecular flexibility index (Phi) is 2.85. The number of fused-ring (bicyclic) bond motifs is 7. The zero-order valence-electron chi connectivity index (χ0n) is 12.8.